The summed E-state index contributed by atoms with van der Waals surface area (Å²) in [5.74, 6) is 0.207. The number of aryl methyl sites for hydroxylation is 1. The normalized spacial score (nSPS) is 10.4. The quantitative estimate of drug-likeness (QED) is 0.461. The molecule has 0 bridgehead atoms. The number of amides is 2. The molecule has 2 amide bonds. The minimum atomic E-state index is -0.484. The van der Waals surface area contributed by atoms with E-state index in [2.05, 4.69) is 10.4 Å². The van der Waals surface area contributed by atoms with E-state index in [1.54, 1.807) is 57.4 Å². The van der Waals surface area contributed by atoms with Gasteiger partial charge in [0.25, 0.3) is 17.5 Å². The number of benzene rings is 2. The average molecular weight is 423 g/mol. The number of non-ortho nitro benzene ring substituents is 1. The molecule has 0 unspecified atom stereocenters. The highest BCUT2D eigenvalue weighted by molar-refractivity contribution is 6.04. The van der Waals surface area contributed by atoms with Crippen molar-refractivity contribution in [1.29, 1.82) is 0 Å². The Morgan fingerprint density at radius 2 is 1.87 bits per heavy atom. The lowest BCUT2D eigenvalue weighted by Crippen LogP contribution is -2.27. The van der Waals surface area contributed by atoms with Gasteiger partial charge in [-0.3, -0.25) is 19.7 Å². The molecule has 1 N–H and O–H groups in total. The minimum absolute atomic E-state index is 0.0391. The molecule has 3 rings (SSSR count). The fraction of sp³-hybridized carbons (Fsp3) is 0.190. The Balaban J connectivity index is 1.77. The van der Waals surface area contributed by atoms with Crippen LogP contribution < -0.4 is 10.1 Å². The predicted octanol–water partition coefficient (Wildman–Crippen LogP) is 2.81. The summed E-state index contributed by atoms with van der Waals surface area (Å²) in [6.45, 7) is 1.64. The Bertz CT molecular complexity index is 1120. The maximum absolute atomic E-state index is 12.8. The van der Waals surface area contributed by atoms with Crippen LogP contribution in [0, 0.1) is 17.0 Å². The van der Waals surface area contributed by atoms with Crippen molar-refractivity contribution in [1.82, 2.24) is 14.7 Å². The number of nitrogens with one attached hydrogen (secondary N) is 1. The summed E-state index contributed by atoms with van der Waals surface area (Å²) in [6.07, 6.45) is 0. The molecule has 0 aliphatic rings. The first-order valence-electron chi connectivity index (χ1n) is 9.30. The maximum Gasteiger partial charge on any atom is 0.269 e. The average Bonchev–Trinajstić information content (AvgIpc) is 3.12. The summed E-state index contributed by atoms with van der Waals surface area (Å²) in [6, 6.07) is 14.0. The highest BCUT2D eigenvalue weighted by Gasteiger charge is 2.15. The zero-order valence-electron chi connectivity index (χ0n) is 17.2. The first-order chi connectivity index (χ1) is 14.7. The molecule has 0 radical (unpaired) electrons. The Hall–Kier alpha value is -4.21. The van der Waals surface area contributed by atoms with Crippen molar-refractivity contribution in [2.75, 3.05) is 26.0 Å². The lowest BCUT2D eigenvalue weighted by Gasteiger charge is -2.12. The van der Waals surface area contributed by atoms with Crippen molar-refractivity contribution >= 4 is 23.3 Å². The number of hydrogen-bond acceptors (Lipinski definition) is 6. The van der Waals surface area contributed by atoms with Gasteiger partial charge in [0.15, 0.2) is 6.61 Å². The van der Waals surface area contributed by atoms with E-state index in [0.29, 0.717) is 28.5 Å². The number of aromatic nitrogens is 2. The third kappa shape index (κ3) is 5.24. The van der Waals surface area contributed by atoms with Crippen molar-refractivity contribution in [3.63, 3.8) is 0 Å². The summed E-state index contributed by atoms with van der Waals surface area (Å²) < 4.78 is 6.95. The first kappa shape index (κ1) is 21.5. The molecule has 2 aromatic carbocycles. The van der Waals surface area contributed by atoms with Crippen LogP contribution in [0.1, 0.15) is 16.1 Å². The van der Waals surface area contributed by atoms with Gasteiger partial charge in [0.05, 0.1) is 16.3 Å². The number of nitro groups is 1. The van der Waals surface area contributed by atoms with Crippen molar-refractivity contribution in [3.8, 4) is 11.4 Å². The molecule has 0 fully saturated rings. The van der Waals surface area contributed by atoms with Gasteiger partial charge < -0.3 is 15.0 Å². The lowest BCUT2D eigenvalue weighted by atomic mass is 10.2. The van der Waals surface area contributed by atoms with Gasteiger partial charge in [0.1, 0.15) is 11.6 Å². The van der Waals surface area contributed by atoms with Crippen LogP contribution >= 0.6 is 0 Å². The molecule has 0 spiro atoms. The van der Waals surface area contributed by atoms with Crippen LogP contribution in [0.4, 0.5) is 11.5 Å². The highest BCUT2D eigenvalue weighted by Crippen LogP contribution is 2.21. The number of nitro benzene ring substituents is 1. The van der Waals surface area contributed by atoms with Gasteiger partial charge in [-0.05, 0) is 37.3 Å². The number of ether oxygens (including phenoxy) is 1. The number of anilines is 1. The molecular formula is C21H21N5O5. The van der Waals surface area contributed by atoms with Crippen LogP contribution in [0.25, 0.3) is 5.69 Å². The molecule has 0 saturated heterocycles. The number of likely N-dealkylation sites (N-methyl/N-ethyl adjacent to an activating group) is 1. The van der Waals surface area contributed by atoms with E-state index in [1.807, 2.05) is 0 Å². The molecular weight excluding hydrogens is 402 g/mol. The Labute approximate surface area is 178 Å². The number of rotatable bonds is 7. The Kier molecular flexibility index (Phi) is 6.29. The summed E-state index contributed by atoms with van der Waals surface area (Å²) in [5, 5.41) is 18.0. The van der Waals surface area contributed by atoms with Crippen LogP contribution in [0.2, 0.25) is 0 Å². The number of carbonyl (C=O) groups excluding carboxylic acids is 2. The molecule has 10 heteroatoms. The fourth-order valence-electron chi connectivity index (χ4n) is 2.69. The summed E-state index contributed by atoms with van der Waals surface area (Å²) in [7, 11) is 3.26. The Morgan fingerprint density at radius 3 is 2.52 bits per heavy atom. The molecule has 0 aliphatic heterocycles. The summed E-state index contributed by atoms with van der Waals surface area (Å²) >= 11 is 0. The molecule has 0 aliphatic carbocycles. The summed E-state index contributed by atoms with van der Waals surface area (Å²) in [4.78, 5) is 36.3. The summed E-state index contributed by atoms with van der Waals surface area (Å²) in [5.41, 5.74) is 1.52. The topological polar surface area (TPSA) is 120 Å². The van der Waals surface area contributed by atoms with Crippen molar-refractivity contribution < 1.29 is 19.2 Å². The van der Waals surface area contributed by atoms with Crippen LogP contribution in [0.5, 0.6) is 5.75 Å². The Morgan fingerprint density at radius 1 is 1.16 bits per heavy atom. The van der Waals surface area contributed by atoms with Gasteiger partial charge in [0, 0.05) is 37.9 Å². The second-order valence-electron chi connectivity index (χ2n) is 6.92. The minimum Gasteiger partial charge on any atom is -0.484 e. The van der Waals surface area contributed by atoms with E-state index in [9.17, 15) is 19.7 Å². The van der Waals surface area contributed by atoms with Crippen molar-refractivity contribution in [2.45, 2.75) is 6.92 Å². The van der Waals surface area contributed by atoms with Gasteiger partial charge in [-0.2, -0.15) is 5.10 Å². The van der Waals surface area contributed by atoms with Gasteiger partial charge in [0.2, 0.25) is 0 Å². The monoisotopic (exact) mass is 423 g/mol. The largest absolute Gasteiger partial charge is 0.484 e. The van der Waals surface area contributed by atoms with E-state index in [1.165, 1.54) is 27.8 Å². The molecule has 31 heavy (non-hydrogen) atoms. The van der Waals surface area contributed by atoms with E-state index in [-0.39, 0.29) is 18.2 Å². The zero-order valence-corrected chi connectivity index (χ0v) is 17.2. The van der Waals surface area contributed by atoms with Crippen LogP contribution in [-0.4, -0.2) is 52.1 Å². The van der Waals surface area contributed by atoms with Gasteiger partial charge >= 0.3 is 0 Å². The lowest BCUT2D eigenvalue weighted by molar-refractivity contribution is -0.384. The molecule has 1 heterocycles. The van der Waals surface area contributed by atoms with E-state index in [0.717, 1.165) is 0 Å². The van der Waals surface area contributed by atoms with Crippen molar-refractivity contribution in [3.05, 3.63) is 76.0 Å². The van der Waals surface area contributed by atoms with E-state index in [4.69, 9.17) is 4.74 Å². The molecule has 160 valence electrons. The maximum atomic E-state index is 12.8. The third-order valence-corrected chi connectivity index (χ3v) is 4.34. The zero-order chi connectivity index (χ0) is 22.5. The van der Waals surface area contributed by atoms with Crippen molar-refractivity contribution in [2.24, 2.45) is 0 Å². The van der Waals surface area contributed by atoms with Crippen LogP contribution in [0.15, 0.2) is 54.6 Å². The number of nitrogens with zero attached hydrogens (tertiary/aromatic N) is 4. The standard InChI is InChI=1S/C21H21N5O5/c1-14-11-19(25(23-14)16-7-9-17(10-8-16)26(29)30)22-21(28)15-5-4-6-18(12-15)31-13-20(27)24(2)3/h4-12H,13H2,1-3H3,(H,22,28). The molecule has 0 atom stereocenters. The smallest absolute Gasteiger partial charge is 0.269 e. The third-order valence-electron chi connectivity index (χ3n) is 4.34. The van der Waals surface area contributed by atoms with Gasteiger partial charge in [-0.15, -0.1) is 0 Å². The predicted molar refractivity (Wildman–Crippen MR) is 114 cm³/mol. The SMILES string of the molecule is Cc1cc(NC(=O)c2cccc(OCC(=O)N(C)C)c2)n(-c2ccc([N+](=O)[O-])cc2)n1. The second kappa shape index (κ2) is 9.08. The highest BCUT2D eigenvalue weighted by atomic mass is 16.6. The van der Waals surface area contributed by atoms with Crippen LogP contribution in [0.3, 0.4) is 0 Å². The number of hydrogen-bond donors (Lipinski definition) is 1. The molecule has 3 aromatic rings. The molecule has 1 aromatic heterocycles. The van der Waals surface area contributed by atoms with Crippen LogP contribution in [-0.2, 0) is 4.79 Å². The van der Waals surface area contributed by atoms with E-state index >= 15 is 0 Å². The van der Waals surface area contributed by atoms with Gasteiger partial charge in [-0.25, -0.2) is 4.68 Å². The number of carbonyl (C=O) groups is 2. The molecule has 10 nitrogen and oxygen atoms in total. The van der Waals surface area contributed by atoms with Gasteiger partial charge in [-0.1, -0.05) is 6.07 Å². The van der Waals surface area contributed by atoms with E-state index < -0.39 is 10.8 Å². The molecule has 0 saturated carbocycles. The first-order valence-corrected chi connectivity index (χ1v) is 9.30. The second-order valence-corrected chi connectivity index (χ2v) is 6.92. The fourth-order valence-corrected chi connectivity index (χ4v) is 2.69.